The highest BCUT2D eigenvalue weighted by atomic mass is 16.5. The third kappa shape index (κ3) is 2.69. The van der Waals surface area contributed by atoms with Crippen molar-refractivity contribution in [3.8, 4) is 0 Å². The van der Waals surface area contributed by atoms with E-state index < -0.39 is 0 Å². The molecule has 1 heterocycles. The van der Waals surface area contributed by atoms with E-state index >= 15 is 0 Å². The van der Waals surface area contributed by atoms with E-state index in [1.165, 1.54) is 0 Å². The Morgan fingerprint density at radius 3 is 3.09 bits per heavy atom. The quantitative estimate of drug-likeness (QED) is 0.602. The molecule has 0 saturated carbocycles. The van der Waals surface area contributed by atoms with Crippen LogP contribution in [0.5, 0.6) is 0 Å². The summed E-state index contributed by atoms with van der Waals surface area (Å²) in [7, 11) is 0. The first-order valence-electron chi connectivity index (χ1n) is 3.66. The molecule has 0 aliphatic carbocycles. The molecule has 1 rings (SSSR count). The van der Waals surface area contributed by atoms with E-state index in [0.29, 0.717) is 13.1 Å². The molecule has 11 heavy (non-hydrogen) atoms. The molecule has 1 aromatic rings. The Morgan fingerprint density at radius 1 is 1.73 bits per heavy atom. The van der Waals surface area contributed by atoms with Crippen LogP contribution in [0.2, 0.25) is 0 Å². The molecule has 0 fully saturated rings. The Morgan fingerprint density at radius 2 is 2.55 bits per heavy atom. The summed E-state index contributed by atoms with van der Waals surface area (Å²) in [5, 5.41) is 6.86. The SMILES string of the molecule is Cc1cc(CNCCN)on1. The van der Waals surface area contributed by atoms with E-state index in [0.717, 1.165) is 18.0 Å². The maximum absolute atomic E-state index is 5.29. The molecule has 0 unspecified atom stereocenters. The Labute approximate surface area is 65.7 Å². The van der Waals surface area contributed by atoms with Crippen LogP contribution < -0.4 is 11.1 Å². The molecule has 4 nitrogen and oxygen atoms in total. The minimum absolute atomic E-state index is 0.646. The molecule has 4 heteroatoms. The van der Waals surface area contributed by atoms with Gasteiger partial charge < -0.3 is 15.6 Å². The van der Waals surface area contributed by atoms with Crippen molar-refractivity contribution in [2.45, 2.75) is 13.5 Å². The molecule has 0 bridgehead atoms. The highest BCUT2D eigenvalue weighted by Crippen LogP contribution is 2.00. The maximum Gasteiger partial charge on any atom is 0.150 e. The molecule has 0 aliphatic heterocycles. The lowest BCUT2D eigenvalue weighted by Gasteiger charge is -1.96. The van der Waals surface area contributed by atoms with Gasteiger partial charge in [0.05, 0.1) is 12.2 Å². The average Bonchev–Trinajstić information content (AvgIpc) is 2.37. The second-order valence-corrected chi connectivity index (χ2v) is 2.40. The van der Waals surface area contributed by atoms with E-state index in [1.807, 2.05) is 13.0 Å². The summed E-state index contributed by atoms with van der Waals surface area (Å²) >= 11 is 0. The highest BCUT2D eigenvalue weighted by molar-refractivity contribution is 5.02. The van der Waals surface area contributed by atoms with E-state index in [4.69, 9.17) is 10.3 Å². The predicted molar refractivity (Wildman–Crippen MR) is 42.0 cm³/mol. The number of rotatable bonds is 4. The fourth-order valence-corrected chi connectivity index (χ4v) is 0.813. The lowest BCUT2D eigenvalue weighted by Crippen LogP contribution is -2.21. The number of hydrogen-bond donors (Lipinski definition) is 2. The number of aryl methyl sites for hydroxylation is 1. The Bertz CT molecular complexity index is 209. The van der Waals surface area contributed by atoms with Gasteiger partial charge in [-0.1, -0.05) is 5.16 Å². The molecular weight excluding hydrogens is 142 g/mol. The van der Waals surface area contributed by atoms with Gasteiger partial charge in [-0.25, -0.2) is 0 Å². The lowest BCUT2D eigenvalue weighted by molar-refractivity contribution is 0.370. The summed E-state index contributed by atoms with van der Waals surface area (Å²) in [6.45, 7) is 4.06. The van der Waals surface area contributed by atoms with Crippen molar-refractivity contribution >= 4 is 0 Å². The molecule has 0 aliphatic rings. The normalized spacial score (nSPS) is 10.4. The molecule has 0 spiro atoms. The smallest absolute Gasteiger partial charge is 0.150 e. The van der Waals surface area contributed by atoms with Crippen molar-refractivity contribution in [1.82, 2.24) is 10.5 Å². The van der Waals surface area contributed by atoms with Crippen LogP contribution in [0.25, 0.3) is 0 Å². The van der Waals surface area contributed by atoms with Gasteiger partial charge in [0, 0.05) is 19.2 Å². The average molecular weight is 155 g/mol. The third-order valence-electron chi connectivity index (χ3n) is 1.30. The van der Waals surface area contributed by atoms with Crippen molar-refractivity contribution in [2.75, 3.05) is 13.1 Å². The topological polar surface area (TPSA) is 64.1 Å². The lowest BCUT2D eigenvalue weighted by atomic mass is 10.4. The minimum atomic E-state index is 0.646. The molecule has 0 radical (unpaired) electrons. The van der Waals surface area contributed by atoms with E-state index in [1.54, 1.807) is 0 Å². The fraction of sp³-hybridized carbons (Fsp3) is 0.571. The van der Waals surface area contributed by atoms with Crippen LogP contribution in [0.3, 0.4) is 0 Å². The van der Waals surface area contributed by atoms with Gasteiger partial charge in [-0.3, -0.25) is 0 Å². The van der Waals surface area contributed by atoms with Crippen LogP contribution in [0, 0.1) is 6.92 Å². The number of nitrogens with two attached hydrogens (primary N) is 1. The summed E-state index contributed by atoms with van der Waals surface area (Å²) in [5.74, 6) is 0.857. The van der Waals surface area contributed by atoms with Crippen molar-refractivity contribution < 1.29 is 4.52 Å². The monoisotopic (exact) mass is 155 g/mol. The van der Waals surface area contributed by atoms with Gasteiger partial charge >= 0.3 is 0 Å². The van der Waals surface area contributed by atoms with Crippen LogP contribution in [0.15, 0.2) is 10.6 Å². The standard InChI is InChI=1S/C7H13N3O/c1-6-4-7(11-10-6)5-9-3-2-8/h4,9H,2-3,5,8H2,1H3. The highest BCUT2D eigenvalue weighted by Gasteiger charge is 1.97. The van der Waals surface area contributed by atoms with Gasteiger partial charge in [0.15, 0.2) is 5.76 Å². The van der Waals surface area contributed by atoms with Crippen LogP contribution >= 0.6 is 0 Å². The van der Waals surface area contributed by atoms with Crippen LogP contribution in [-0.4, -0.2) is 18.2 Å². The van der Waals surface area contributed by atoms with Crippen molar-refractivity contribution in [3.63, 3.8) is 0 Å². The number of aromatic nitrogens is 1. The first-order valence-corrected chi connectivity index (χ1v) is 3.66. The molecule has 0 aromatic carbocycles. The van der Waals surface area contributed by atoms with Gasteiger partial charge in [0.2, 0.25) is 0 Å². The van der Waals surface area contributed by atoms with Crippen LogP contribution in [0.1, 0.15) is 11.5 Å². The predicted octanol–water partition coefficient (Wildman–Crippen LogP) is 0.0313. The fourth-order valence-electron chi connectivity index (χ4n) is 0.813. The minimum Gasteiger partial charge on any atom is -0.360 e. The molecule has 1 aromatic heterocycles. The second kappa shape index (κ2) is 4.10. The van der Waals surface area contributed by atoms with Crippen molar-refractivity contribution in [2.24, 2.45) is 5.73 Å². The summed E-state index contributed by atoms with van der Waals surface area (Å²) in [6.07, 6.45) is 0. The zero-order valence-electron chi connectivity index (χ0n) is 6.63. The number of nitrogens with one attached hydrogen (secondary N) is 1. The molecule has 0 atom stereocenters. The van der Waals surface area contributed by atoms with E-state index in [2.05, 4.69) is 10.5 Å². The van der Waals surface area contributed by atoms with Gasteiger partial charge in [-0.05, 0) is 6.92 Å². The van der Waals surface area contributed by atoms with Gasteiger partial charge in [-0.15, -0.1) is 0 Å². The van der Waals surface area contributed by atoms with Crippen LogP contribution in [0.4, 0.5) is 0 Å². The zero-order chi connectivity index (χ0) is 8.10. The Balaban J connectivity index is 2.27. The van der Waals surface area contributed by atoms with E-state index in [9.17, 15) is 0 Å². The summed E-state index contributed by atoms with van der Waals surface area (Å²) in [6, 6.07) is 1.91. The summed E-state index contributed by atoms with van der Waals surface area (Å²) < 4.78 is 4.96. The molecule has 0 amide bonds. The number of hydrogen-bond acceptors (Lipinski definition) is 4. The molecule has 3 N–H and O–H groups in total. The molecule has 62 valence electrons. The van der Waals surface area contributed by atoms with Gasteiger partial charge in [0.25, 0.3) is 0 Å². The largest absolute Gasteiger partial charge is 0.360 e. The van der Waals surface area contributed by atoms with Gasteiger partial charge in [-0.2, -0.15) is 0 Å². The molecule has 0 saturated heterocycles. The Hall–Kier alpha value is -0.870. The summed E-state index contributed by atoms with van der Waals surface area (Å²) in [5.41, 5.74) is 6.20. The van der Waals surface area contributed by atoms with Crippen molar-refractivity contribution in [1.29, 1.82) is 0 Å². The summed E-state index contributed by atoms with van der Waals surface area (Å²) in [4.78, 5) is 0. The second-order valence-electron chi connectivity index (χ2n) is 2.40. The number of nitrogens with zero attached hydrogens (tertiary/aromatic N) is 1. The first kappa shape index (κ1) is 8.23. The zero-order valence-corrected chi connectivity index (χ0v) is 6.63. The van der Waals surface area contributed by atoms with Gasteiger partial charge in [0.1, 0.15) is 0 Å². The Kier molecular flexibility index (Phi) is 3.07. The van der Waals surface area contributed by atoms with Crippen molar-refractivity contribution in [3.05, 3.63) is 17.5 Å². The van der Waals surface area contributed by atoms with Crippen LogP contribution in [-0.2, 0) is 6.54 Å². The molecular formula is C7H13N3O. The maximum atomic E-state index is 5.29. The first-order chi connectivity index (χ1) is 5.33. The third-order valence-corrected chi connectivity index (χ3v) is 1.30. The van der Waals surface area contributed by atoms with E-state index in [-0.39, 0.29) is 0 Å².